The Morgan fingerprint density at radius 2 is 2.00 bits per heavy atom. The second-order valence-corrected chi connectivity index (χ2v) is 7.53. The number of benzene rings is 1. The Kier molecular flexibility index (Phi) is 7.65. The van der Waals surface area contributed by atoms with Gasteiger partial charge in [-0.1, -0.05) is 6.42 Å². The third-order valence-electron chi connectivity index (χ3n) is 3.15. The maximum atomic E-state index is 13.7. The van der Waals surface area contributed by atoms with Crippen molar-refractivity contribution in [3.8, 4) is 0 Å². The summed E-state index contributed by atoms with van der Waals surface area (Å²) in [6.07, 6.45) is 4.79. The number of hydrogen-bond acceptors (Lipinski definition) is 4. The minimum absolute atomic E-state index is 0.0714. The Balaban J connectivity index is 2.72. The van der Waals surface area contributed by atoms with Crippen molar-refractivity contribution in [2.45, 2.75) is 37.7 Å². The van der Waals surface area contributed by atoms with Crippen molar-refractivity contribution in [1.29, 1.82) is 0 Å². The van der Waals surface area contributed by atoms with E-state index >= 15 is 0 Å². The molecular weight excluding hydrogens is 313 g/mol. The Hall–Kier alpha value is -0.630. The van der Waals surface area contributed by atoms with Crippen molar-refractivity contribution in [3.63, 3.8) is 0 Å². The van der Waals surface area contributed by atoms with E-state index in [1.165, 1.54) is 13.0 Å². The van der Waals surface area contributed by atoms with Crippen LogP contribution in [0.1, 0.15) is 30.4 Å². The monoisotopic (exact) mass is 335 g/mol. The number of nitrogens with one attached hydrogen (secondary N) is 1. The quantitative estimate of drug-likeness (QED) is 0.680. The first kappa shape index (κ1) is 18.4. The lowest BCUT2D eigenvalue weighted by Gasteiger charge is -2.11. The fraction of sp³-hybridized carbons (Fsp3) is 0.571. The van der Waals surface area contributed by atoms with Gasteiger partial charge in [0.2, 0.25) is 10.0 Å². The lowest BCUT2D eigenvalue weighted by molar-refractivity contribution is 0.281. The van der Waals surface area contributed by atoms with Crippen molar-refractivity contribution in [3.05, 3.63) is 29.1 Å². The van der Waals surface area contributed by atoms with E-state index in [0.29, 0.717) is 6.54 Å². The zero-order valence-electron chi connectivity index (χ0n) is 12.4. The highest BCUT2D eigenvalue weighted by molar-refractivity contribution is 7.98. The average molecular weight is 335 g/mol. The minimum atomic E-state index is -3.75. The van der Waals surface area contributed by atoms with Crippen LogP contribution in [-0.2, 0) is 16.6 Å². The minimum Gasteiger partial charge on any atom is -0.392 e. The Labute approximate surface area is 130 Å². The summed E-state index contributed by atoms with van der Waals surface area (Å²) in [6, 6.07) is 2.46. The highest BCUT2D eigenvalue weighted by Crippen LogP contribution is 2.20. The Bertz CT molecular complexity index is 562. The summed E-state index contributed by atoms with van der Waals surface area (Å²) in [5.41, 5.74) is 0.320. The maximum absolute atomic E-state index is 13.7. The van der Waals surface area contributed by atoms with E-state index in [1.807, 2.05) is 6.26 Å². The first-order valence-electron chi connectivity index (χ1n) is 6.81. The van der Waals surface area contributed by atoms with Crippen LogP contribution < -0.4 is 4.72 Å². The topological polar surface area (TPSA) is 66.4 Å². The number of thioether (sulfide) groups is 1. The van der Waals surface area contributed by atoms with Gasteiger partial charge in [0.05, 0.1) is 11.5 Å². The van der Waals surface area contributed by atoms with E-state index < -0.39 is 22.4 Å². The predicted molar refractivity (Wildman–Crippen MR) is 84.5 cm³/mol. The molecule has 0 fully saturated rings. The van der Waals surface area contributed by atoms with E-state index in [-0.39, 0.29) is 16.0 Å². The molecule has 21 heavy (non-hydrogen) atoms. The summed E-state index contributed by atoms with van der Waals surface area (Å²) in [5.74, 6) is 0.442. The molecule has 0 unspecified atom stereocenters. The average Bonchev–Trinajstić information content (AvgIpc) is 2.45. The SMILES string of the molecule is CSCCCCCNS(=O)(=O)c1cc(CO)cc(F)c1C. The van der Waals surface area contributed by atoms with Crippen LogP contribution in [-0.4, -0.2) is 32.1 Å². The molecule has 0 bridgehead atoms. The van der Waals surface area contributed by atoms with Gasteiger partial charge >= 0.3 is 0 Å². The molecule has 0 radical (unpaired) electrons. The Morgan fingerprint density at radius 1 is 1.29 bits per heavy atom. The van der Waals surface area contributed by atoms with Gasteiger partial charge in [-0.3, -0.25) is 0 Å². The van der Waals surface area contributed by atoms with Crippen molar-refractivity contribution in [1.82, 2.24) is 4.72 Å². The number of unbranched alkanes of at least 4 members (excludes halogenated alkanes) is 2. The normalized spacial score (nSPS) is 11.8. The van der Waals surface area contributed by atoms with Gasteiger partial charge in [-0.25, -0.2) is 17.5 Å². The molecule has 0 aliphatic rings. The standard InChI is InChI=1S/C14H22FNO3S2/c1-11-13(15)8-12(10-17)9-14(11)21(18,19)16-6-4-3-5-7-20-2/h8-9,16-17H,3-7,10H2,1-2H3. The molecule has 0 saturated heterocycles. The van der Waals surface area contributed by atoms with Gasteiger partial charge in [0.25, 0.3) is 0 Å². The lowest BCUT2D eigenvalue weighted by atomic mass is 10.1. The number of halogens is 1. The molecule has 120 valence electrons. The highest BCUT2D eigenvalue weighted by Gasteiger charge is 2.19. The van der Waals surface area contributed by atoms with E-state index in [9.17, 15) is 12.8 Å². The summed E-state index contributed by atoms with van der Waals surface area (Å²) in [4.78, 5) is -0.101. The third kappa shape index (κ3) is 5.58. The first-order chi connectivity index (χ1) is 9.92. The molecule has 0 heterocycles. The summed E-state index contributed by atoms with van der Waals surface area (Å²) in [6.45, 7) is 1.36. The van der Waals surface area contributed by atoms with E-state index in [0.717, 1.165) is 31.1 Å². The molecule has 1 aromatic rings. The number of aliphatic hydroxyl groups is 1. The molecule has 0 atom stereocenters. The van der Waals surface area contributed by atoms with Gasteiger partial charge in [-0.05, 0) is 49.5 Å². The van der Waals surface area contributed by atoms with Crippen LogP contribution in [0, 0.1) is 12.7 Å². The molecule has 0 amide bonds. The number of sulfonamides is 1. The molecule has 1 rings (SSSR count). The zero-order chi connectivity index (χ0) is 15.9. The van der Waals surface area contributed by atoms with Crippen molar-refractivity contribution < 1.29 is 17.9 Å². The van der Waals surface area contributed by atoms with Crippen molar-refractivity contribution >= 4 is 21.8 Å². The van der Waals surface area contributed by atoms with Gasteiger partial charge in [0.15, 0.2) is 0 Å². The fourth-order valence-electron chi connectivity index (χ4n) is 1.91. The molecule has 4 nitrogen and oxygen atoms in total. The molecular formula is C14H22FNO3S2. The van der Waals surface area contributed by atoms with Gasteiger partial charge < -0.3 is 5.11 Å². The molecule has 0 aliphatic carbocycles. The van der Waals surface area contributed by atoms with Crippen LogP contribution in [0.3, 0.4) is 0 Å². The first-order valence-corrected chi connectivity index (χ1v) is 9.68. The molecule has 0 aromatic heterocycles. The van der Waals surface area contributed by atoms with Crippen LogP contribution in [0.2, 0.25) is 0 Å². The van der Waals surface area contributed by atoms with Gasteiger partial charge in [-0.15, -0.1) is 0 Å². The summed E-state index contributed by atoms with van der Waals surface area (Å²) in [7, 11) is -3.75. The summed E-state index contributed by atoms with van der Waals surface area (Å²) in [5, 5.41) is 9.06. The summed E-state index contributed by atoms with van der Waals surface area (Å²) >= 11 is 1.77. The molecule has 7 heteroatoms. The molecule has 0 saturated carbocycles. The fourth-order valence-corrected chi connectivity index (χ4v) is 3.78. The third-order valence-corrected chi connectivity index (χ3v) is 5.43. The number of hydrogen-bond donors (Lipinski definition) is 2. The smallest absolute Gasteiger partial charge is 0.240 e. The van der Waals surface area contributed by atoms with Crippen LogP contribution >= 0.6 is 11.8 Å². The predicted octanol–water partition coefficient (Wildman–Crippen LogP) is 2.44. The van der Waals surface area contributed by atoms with Crippen LogP contribution in [0.4, 0.5) is 4.39 Å². The van der Waals surface area contributed by atoms with Crippen LogP contribution in [0.25, 0.3) is 0 Å². The number of aliphatic hydroxyl groups excluding tert-OH is 1. The van der Waals surface area contributed by atoms with Crippen molar-refractivity contribution in [2.75, 3.05) is 18.6 Å². The second-order valence-electron chi connectivity index (χ2n) is 4.81. The van der Waals surface area contributed by atoms with E-state index in [4.69, 9.17) is 5.11 Å². The summed E-state index contributed by atoms with van der Waals surface area (Å²) < 4.78 is 40.6. The Morgan fingerprint density at radius 3 is 2.62 bits per heavy atom. The second kappa shape index (κ2) is 8.73. The number of rotatable bonds is 9. The van der Waals surface area contributed by atoms with Crippen LogP contribution in [0.15, 0.2) is 17.0 Å². The maximum Gasteiger partial charge on any atom is 0.240 e. The van der Waals surface area contributed by atoms with Gasteiger partial charge in [0, 0.05) is 12.1 Å². The highest BCUT2D eigenvalue weighted by atomic mass is 32.2. The van der Waals surface area contributed by atoms with Crippen LogP contribution in [0.5, 0.6) is 0 Å². The molecule has 1 aromatic carbocycles. The van der Waals surface area contributed by atoms with Crippen molar-refractivity contribution in [2.24, 2.45) is 0 Å². The molecule has 2 N–H and O–H groups in total. The zero-order valence-corrected chi connectivity index (χ0v) is 14.0. The lowest BCUT2D eigenvalue weighted by Crippen LogP contribution is -2.26. The van der Waals surface area contributed by atoms with Gasteiger partial charge in [0.1, 0.15) is 5.82 Å². The van der Waals surface area contributed by atoms with E-state index in [2.05, 4.69) is 4.72 Å². The largest absolute Gasteiger partial charge is 0.392 e. The molecule has 0 aliphatic heterocycles. The van der Waals surface area contributed by atoms with Gasteiger partial charge in [-0.2, -0.15) is 11.8 Å². The molecule has 0 spiro atoms. The van der Waals surface area contributed by atoms with E-state index in [1.54, 1.807) is 11.8 Å².